The molecule has 1 fully saturated rings. The zero-order chi connectivity index (χ0) is 19.4. The van der Waals surface area contributed by atoms with Crippen LogP contribution in [-0.2, 0) is 27.8 Å². The van der Waals surface area contributed by atoms with Crippen molar-refractivity contribution in [1.82, 2.24) is 8.87 Å². The molecule has 1 saturated heterocycles. The number of pyridine rings is 1. The second-order valence-electron chi connectivity index (χ2n) is 6.54. The fraction of sp³-hybridized carbons (Fsp3) is 0.368. The molecule has 1 N–H and O–H groups in total. The van der Waals surface area contributed by atoms with E-state index in [9.17, 15) is 18.0 Å². The maximum atomic E-state index is 12.7. The fourth-order valence-electron chi connectivity index (χ4n) is 3.09. The van der Waals surface area contributed by atoms with Gasteiger partial charge < -0.3 is 9.88 Å². The van der Waals surface area contributed by atoms with Crippen LogP contribution in [0.15, 0.2) is 52.3 Å². The second-order valence-corrected chi connectivity index (χ2v) is 8.48. The Bertz CT molecular complexity index is 992. The highest BCUT2D eigenvalue weighted by atomic mass is 32.2. The Morgan fingerprint density at radius 2 is 1.89 bits per heavy atom. The van der Waals surface area contributed by atoms with E-state index in [1.54, 1.807) is 6.07 Å². The van der Waals surface area contributed by atoms with Crippen molar-refractivity contribution in [2.45, 2.75) is 37.6 Å². The fourth-order valence-corrected chi connectivity index (χ4v) is 4.62. The van der Waals surface area contributed by atoms with Crippen LogP contribution in [0.1, 0.15) is 25.3 Å². The molecular formula is C19H23N3O4S. The summed E-state index contributed by atoms with van der Waals surface area (Å²) in [6.45, 7) is 2.73. The molecule has 2 aromatic rings. The predicted molar refractivity (Wildman–Crippen MR) is 103 cm³/mol. The van der Waals surface area contributed by atoms with Crippen molar-refractivity contribution < 1.29 is 13.2 Å². The Kier molecular flexibility index (Phi) is 5.76. The average molecular weight is 389 g/mol. The first-order valence-electron chi connectivity index (χ1n) is 8.99. The Balaban J connectivity index is 1.78. The Labute approximate surface area is 158 Å². The van der Waals surface area contributed by atoms with Gasteiger partial charge in [0.05, 0.1) is 4.90 Å². The van der Waals surface area contributed by atoms with Gasteiger partial charge in [0, 0.05) is 31.0 Å². The average Bonchev–Trinajstić information content (AvgIpc) is 3.19. The van der Waals surface area contributed by atoms with Crippen molar-refractivity contribution in [3.63, 3.8) is 0 Å². The molecule has 7 nitrogen and oxygen atoms in total. The summed E-state index contributed by atoms with van der Waals surface area (Å²) in [5.74, 6) is -0.388. The maximum Gasteiger partial charge on any atom is 0.251 e. The molecule has 1 amide bonds. The number of hydrogen-bond acceptors (Lipinski definition) is 4. The summed E-state index contributed by atoms with van der Waals surface area (Å²) in [5, 5.41) is 2.75. The van der Waals surface area contributed by atoms with Crippen LogP contribution in [0.25, 0.3) is 0 Å². The topological polar surface area (TPSA) is 88.5 Å². The Morgan fingerprint density at radius 1 is 1.15 bits per heavy atom. The van der Waals surface area contributed by atoms with Gasteiger partial charge in [0.15, 0.2) is 0 Å². The van der Waals surface area contributed by atoms with Crippen LogP contribution in [0.5, 0.6) is 0 Å². The third kappa shape index (κ3) is 4.45. The van der Waals surface area contributed by atoms with Gasteiger partial charge in [0.1, 0.15) is 6.54 Å². The number of rotatable bonds is 6. The van der Waals surface area contributed by atoms with Crippen molar-refractivity contribution in [2.24, 2.45) is 0 Å². The van der Waals surface area contributed by atoms with E-state index in [-0.39, 0.29) is 17.3 Å². The number of carbonyl (C=O) groups is 1. The van der Waals surface area contributed by atoms with E-state index in [4.69, 9.17) is 0 Å². The Morgan fingerprint density at radius 3 is 2.59 bits per heavy atom. The summed E-state index contributed by atoms with van der Waals surface area (Å²) in [4.78, 5) is 24.4. The van der Waals surface area contributed by atoms with Crippen molar-refractivity contribution in [1.29, 1.82) is 0 Å². The van der Waals surface area contributed by atoms with Gasteiger partial charge in [0.25, 0.3) is 5.56 Å². The highest BCUT2D eigenvalue weighted by Crippen LogP contribution is 2.19. The zero-order valence-electron chi connectivity index (χ0n) is 15.2. The summed E-state index contributed by atoms with van der Waals surface area (Å²) in [6.07, 6.45) is 3.76. The summed E-state index contributed by atoms with van der Waals surface area (Å²) in [7, 11) is -3.64. The molecule has 0 aliphatic carbocycles. The van der Waals surface area contributed by atoms with Crippen molar-refractivity contribution in [2.75, 3.05) is 18.4 Å². The monoisotopic (exact) mass is 389 g/mol. The summed E-state index contributed by atoms with van der Waals surface area (Å²) in [5.41, 5.74) is 1.31. The van der Waals surface area contributed by atoms with Crippen molar-refractivity contribution >= 4 is 21.6 Å². The quantitative estimate of drug-likeness (QED) is 0.816. The van der Waals surface area contributed by atoms with E-state index in [2.05, 4.69) is 5.32 Å². The van der Waals surface area contributed by atoms with Gasteiger partial charge in [-0.1, -0.05) is 19.1 Å². The lowest BCUT2D eigenvalue weighted by Crippen LogP contribution is -2.31. The van der Waals surface area contributed by atoms with Gasteiger partial charge in [-0.2, -0.15) is 4.31 Å². The first-order valence-corrected chi connectivity index (χ1v) is 10.4. The van der Waals surface area contributed by atoms with E-state index >= 15 is 0 Å². The molecule has 3 rings (SSSR count). The Hall–Kier alpha value is -2.45. The normalized spacial score (nSPS) is 15.0. The predicted octanol–water partition coefficient (Wildman–Crippen LogP) is 1.83. The van der Waals surface area contributed by atoms with Gasteiger partial charge in [-0.05, 0) is 43.0 Å². The first-order chi connectivity index (χ1) is 12.9. The van der Waals surface area contributed by atoms with Crippen LogP contribution >= 0.6 is 0 Å². The first kappa shape index (κ1) is 19.3. The molecule has 0 spiro atoms. The number of benzene rings is 1. The molecule has 0 radical (unpaired) electrons. The highest BCUT2D eigenvalue weighted by molar-refractivity contribution is 7.89. The standard InChI is InChI=1S/C19H23N3O4S/c1-2-15-6-5-7-16(12-15)20-18(23)14-21-13-17(8-9-19(21)24)27(25,26)22-10-3-4-11-22/h5-9,12-13H,2-4,10-11,14H2,1H3,(H,20,23). The van der Waals surface area contributed by atoms with Crippen molar-refractivity contribution in [3.8, 4) is 0 Å². The molecule has 144 valence electrons. The lowest BCUT2D eigenvalue weighted by atomic mass is 10.1. The molecule has 0 atom stereocenters. The third-order valence-electron chi connectivity index (χ3n) is 4.59. The lowest BCUT2D eigenvalue weighted by molar-refractivity contribution is -0.116. The van der Waals surface area contributed by atoms with Crippen molar-refractivity contribution in [3.05, 3.63) is 58.5 Å². The lowest BCUT2D eigenvalue weighted by Gasteiger charge is -2.16. The molecule has 1 aromatic heterocycles. The summed E-state index contributed by atoms with van der Waals surface area (Å²) in [6, 6.07) is 9.95. The number of nitrogens with one attached hydrogen (secondary N) is 1. The SMILES string of the molecule is CCc1cccc(NC(=O)Cn2cc(S(=O)(=O)N3CCCC3)ccc2=O)c1. The smallest absolute Gasteiger partial charge is 0.251 e. The zero-order valence-corrected chi connectivity index (χ0v) is 16.0. The number of nitrogens with zero attached hydrogens (tertiary/aromatic N) is 2. The number of amides is 1. The van der Waals surface area contributed by atoms with Crippen LogP contribution < -0.4 is 10.9 Å². The molecule has 1 aliphatic rings. The minimum Gasteiger partial charge on any atom is -0.325 e. The third-order valence-corrected chi connectivity index (χ3v) is 6.47. The van der Waals surface area contributed by atoms with Crippen LogP contribution in [0.4, 0.5) is 5.69 Å². The second kappa shape index (κ2) is 8.06. The molecule has 1 aromatic carbocycles. The van der Waals surface area contributed by atoms with E-state index in [1.165, 1.54) is 22.6 Å². The van der Waals surface area contributed by atoms with Crippen LogP contribution in [0, 0.1) is 0 Å². The molecule has 0 bridgehead atoms. The van der Waals surface area contributed by atoms with E-state index in [0.29, 0.717) is 18.8 Å². The molecule has 2 heterocycles. The van der Waals surface area contributed by atoms with Gasteiger partial charge >= 0.3 is 0 Å². The molecular weight excluding hydrogens is 366 g/mol. The van der Waals surface area contributed by atoms with Crippen LogP contribution in [0.3, 0.4) is 0 Å². The van der Waals surface area contributed by atoms with Crippen LogP contribution in [-0.4, -0.2) is 36.3 Å². The number of carbonyl (C=O) groups excluding carboxylic acids is 1. The summed E-state index contributed by atoms with van der Waals surface area (Å²) >= 11 is 0. The van der Waals surface area contributed by atoms with Crippen LogP contribution in [0.2, 0.25) is 0 Å². The van der Waals surface area contributed by atoms with E-state index < -0.39 is 15.6 Å². The minimum absolute atomic E-state index is 0.0322. The highest BCUT2D eigenvalue weighted by Gasteiger charge is 2.27. The maximum absolute atomic E-state index is 12.7. The molecule has 8 heteroatoms. The number of hydrogen-bond donors (Lipinski definition) is 1. The van der Waals surface area contributed by atoms with Gasteiger partial charge in [-0.15, -0.1) is 0 Å². The van der Waals surface area contributed by atoms with E-state index in [1.807, 2.05) is 25.1 Å². The molecule has 0 saturated carbocycles. The van der Waals surface area contributed by atoms with E-state index in [0.717, 1.165) is 29.4 Å². The summed E-state index contributed by atoms with van der Waals surface area (Å²) < 4.78 is 27.8. The number of aromatic nitrogens is 1. The van der Waals surface area contributed by atoms with Gasteiger partial charge in [0.2, 0.25) is 15.9 Å². The molecule has 27 heavy (non-hydrogen) atoms. The van der Waals surface area contributed by atoms with Gasteiger partial charge in [-0.3, -0.25) is 9.59 Å². The number of sulfonamides is 1. The molecule has 0 unspecified atom stereocenters. The largest absolute Gasteiger partial charge is 0.325 e. The number of anilines is 1. The van der Waals surface area contributed by atoms with Gasteiger partial charge in [-0.25, -0.2) is 8.42 Å². The minimum atomic E-state index is -3.64. The number of aryl methyl sites for hydroxylation is 1. The molecule has 1 aliphatic heterocycles.